The molecule has 0 bridgehead atoms. The zero-order valence-corrected chi connectivity index (χ0v) is 10.6. The van der Waals surface area contributed by atoms with Crippen LogP contribution < -0.4 is 5.32 Å². The molecule has 2 rings (SSSR count). The van der Waals surface area contributed by atoms with Crippen molar-refractivity contribution in [2.75, 3.05) is 0 Å². The zero-order chi connectivity index (χ0) is 10.7. The van der Waals surface area contributed by atoms with E-state index in [1.54, 1.807) is 18.3 Å². The van der Waals surface area contributed by atoms with Gasteiger partial charge in [-0.2, -0.15) is 0 Å². The summed E-state index contributed by atoms with van der Waals surface area (Å²) in [5.41, 5.74) is 0. The number of hydrogen-bond donors (Lipinski definition) is 1. The molecular weight excluding hydrogens is 278 g/mol. The van der Waals surface area contributed by atoms with Gasteiger partial charge >= 0.3 is 0 Å². The maximum Gasteiger partial charge on any atom is 0.230 e. The Hall–Kier alpha value is -0.720. The molecule has 0 radical (unpaired) electrons. The van der Waals surface area contributed by atoms with Gasteiger partial charge in [0.25, 0.3) is 0 Å². The van der Waals surface area contributed by atoms with Crippen LogP contribution in [0.25, 0.3) is 0 Å². The van der Waals surface area contributed by atoms with Gasteiger partial charge in [0.1, 0.15) is 0 Å². The standard InChI is InChI=1S/C9H10BrN3OS/c1-6-12-13-9(14-6)4-11-3-8-2-7(10)5-15-8/h2,5,11H,3-4H2,1H3. The van der Waals surface area contributed by atoms with E-state index in [1.165, 1.54) is 4.88 Å². The first-order valence-corrected chi connectivity index (χ1v) is 6.14. The monoisotopic (exact) mass is 287 g/mol. The Morgan fingerprint density at radius 3 is 2.93 bits per heavy atom. The summed E-state index contributed by atoms with van der Waals surface area (Å²) in [6.07, 6.45) is 0. The fourth-order valence-corrected chi connectivity index (χ4v) is 2.57. The van der Waals surface area contributed by atoms with Crippen LogP contribution >= 0.6 is 27.3 Å². The van der Waals surface area contributed by atoms with Crippen LogP contribution in [0.15, 0.2) is 20.3 Å². The van der Waals surface area contributed by atoms with Gasteiger partial charge in [-0.15, -0.1) is 21.5 Å². The largest absolute Gasteiger partial charge is 0.424 e. The number of aryl methyl sites for hydroxylation is 1. The quantitative estimate of drug-likeness (QED) is 0.939. The van der Waals surface area contributed by atoms with Crippen LogP contribution in [0.1, 0.15) is 16.7 Å². The van der Waals surface area contributed by atoms with Crippen molar-refractivity contribution in [2.24, 2.45) is 0 Å². The molecule has 2 heterocycles. The predicted molar refractivity (Wildman–Crippen MR) is 61.6 cm³/mol. The van der Waals surface area contributed by atoms with E-state index in [0.29, 0.717) is 18.3 Å². The second-order valence-corrected chi connectivity index (χ2v) is 4.96. The highest BCUT2D eigenvalue weighted by Gasteiger charge is 2.02. The highest BCUT2D eigenvalue weighted by molar-refractivity contribution is 9.10. The number of rotatable bonds is 4. The number of halogens is 1. The van der Waals surface area contributed by atoms with Crippen molar-refractivity contribution in [3.05, 3.63) is 32.6 Å². The van der Waals surface area contributed by atoms with Crippen LogP contribution in [-0.4, -0.2) is 10.2 Å². The van der Waals surface area contributed by atoms with Gasteiger partial charge in [-0.3, -0.25) is 0 Å². The van der Waals surface area contributed by atoms with E-state index in [2.05, 4.69) is 42.9 Å². The van der Waals surface area contributed by atoms with Crippen molar-refractivity contribution in [3.63, 3.8) is 0 Å². The predicted octanol–water partition coefficient (Wildman–Crippen LogP) is 2.49. The van der Waals surface area contributed by atoms with Crippen molar-refractivity contribution in [2.45, 2.75) is 20.0 Å². The van der Waals surface area contributed by atoms with Crippen LogP contribution in [0.2, 0.25) is 0 Å². The number of thiophene rings is 1. The van der Waals surface area contributed by atoms with E-state index < -0.39 is 0 Å². The molecule has 0 fully saturated rings. The smallest absolute Gasteiger partial charge is 0.230 e. The summed E-state index contributed by atoms with van der Waals surface area (Å²) >= 11 is 5.13. The molecule has 2 aromatic rings. The first-order valence-electron chi connectivity index (χ1n) is 4.46. The van der Waals surface area contributed by atoms with Gasteiger partial charge in [-0.1, -0.05) is 0 Å². The van der Waals surface area contributed by atoms with Crippen LogP contribution in [0.5, 0.6) is 0 Å². The minimum atomic E-state index is 0.602. The molecule has 0 aromatic carbocycles. The van der Waals surface area contributed by atoms with Gasteiger partial charge in [-0.05, 0) is 22.0 Å². The Kier molecular flexibility index (Phi) is 3.50. The molecule has 0 amide bonds. The van der Waals surface area contributed by atoms with Crippen LogP contribution in [0, 0.1) is 6.92 Å². The molecule has 0 atom stereocenters. The molecule has 4 nitrogen and oxygen atoms in total. The second kappa shape index (κ2) is 4.87. The molecule has 0 aliphatic heterocycles. The Labute approximate surface area is 99.8 Å². The third-order valence-corrected chi connectivity index (χ3v) is 3.46. The average Bonchev–Trinajstić information content (AvgIpc) is 2.76. The fourth-order valence-electron chi connectivity index (χ4n) is 1.15. The highest BCUT2D eigenvalue weighted by Crippen LogP contribution is 2.19. The van der Waals surface area contributed by atoms with Crippen molar-refractivity contribution in [3.8, 4) is 0 Å². The number of aromatic nitrogens is 2. The Balaban J connectivity index is 1.80. The van der Waals surface area contributed by atoms with Gasteiger partial charge in [-0.25, -0.2) is 0 Å². The summed E-state index contributed by atoms with van der Waals surface area (Å²) < 4.78 is 6.36. The summed E-state index contributed by atoms with van der Waals surface area (Å²) in [6.45, 7) is 3.21. The lowest BCUT2D eigenvalue weighted by molar-refractivity contribution is 0.447. The van der Waals surface area contributed by atoms with E-state index >= 15 is 0 Å². The van der Waals surface area contributed by atoms with Crippen molar-refractivity contribution < 1.29 is 4.42 Å². The third-order valence-electron chi connectivity index (χ3n) is 1.77. The fraction of sp³-hybridized carbons (Fsp3) is 0.333. The van der Waals surface area contributed by atoms with Gasteiger partial charge in [0.15, 0.2) is 0 Å². The maximum atomic E-state index is 5.24. The van der Waals surface area contributed by atoms with E-state index in [-0.39, 0.29) is 0 Å². The SMILES string of the molecule is Cc1nnc(CNCc2cc(Br)cs2)o1. The van der Waals surface area contributed by atoms with Gasteiger partial charge < -0.3 is 9.73 Å². The molecule has 15 heavy (non-hydrogen) atoms. The average molecular weight is 288 g/mol. The Morgan fingerprint density at radius 2 is 2.33 bits per heavy atom. The molecule has 0 saturated heterocycles. The summed E-state index contributed by atoms with van der Waals surface area (Å²) in [6, 6.07) is 2.09. The van der Waals surface area contributed by atoms with Crippen LogP contribution in [0.3, 0.4) is 0 Å². The molecule has 6 heteroatoms. The van der Waals surface area contributed by atoms with E-state index in [4.69, 9.17) is 4.42 Å². The lowest BCUT2D eigenvalue weighted by Crippen LogP contribution is -2.11. The van der Waals surface area contributed by atoms with Crippen molar-refractivity contribution in [1.82, 2.24) is 15.5 Å². The normalized spacial score (nSPS) is 10.8. The van der Waals surface area contributed by atoms with Gasteiger partial charge in [0, 0.05) is 28.2 Å². The minimum absolute atomic E-state index is 0.602. The maximum absolute atomic E-state index is 5.24. The van der Waals surface area contributed by atoms with E-state index in [1.807, 2.05) is 0 Å². The first-order chi connectivity index (χ1) is 7.24. The van der Waals surface area contributed by atoms with Gasteiger partial charge in [0.05, 0.1) is 6.54 Å². The topological polar surface area (TPSA) is 51.0 Å². The number of hydrogen-bond acceptors (Lipinski definition) is 5. The summed E-state index contributed by atoms with van der Waals surface area (Å²) in [5, 5.41) is 13.0. The second-order valence-electron chi connectivity index (χ2n) is 3.05. The van der Waals surface area contributed by atoms with Crippen molar-refractivity contribution >= 4 is 27.3 Å². The first kappa shape index (κ1) is 10.8. The molecule has 0 unspecified atom stereocenters. The zero-order valence-electron chi connectivity index (χ0n) is 8.16. The molecule has 0 saturated carbocycles. The highest BCUT2D eigenvalue weighted by atomic mass is 79.9. The molecule has 80 valence electrons. The number of nitrogens with one attached hydrogen (secondary N) is 1. The molecule has 2 aromatic heterocycles. The van der Waals surface area contributed by atoms with Gasteiger partial charge in [0.2, 0.25) is 11.8 Å². The van der Waals surface area contributed by atoms with E-state index in [9.17, 15) is 0 Å². The van der Waals surface area contributed by atoms with E-state index in [0.717, 1.165) is 11.0 Å². The van der Waals surface area contributed by atoms with Crippen LogP contribution in [-0.2, 0) is 13.1 Å². The summed E-state index contributed by atoms with van der Waals surface area (Å²) in [5.74, 6) is 1.23. The third kappa shape index (κ3) is 3.12. The number of nitrogens with zero attached hydrogens (tertiary/aromatic N) is 2. The molecule has 0 aliphatic carbocycles. The lowest BCUT2D eigenvalue weighted by Gasteiger charge is -1.97. The Bertz CT molecular complexity index is 400. The lowest BCUT2D eigenvalue weighted by atomic mass is 10.4. The molecular formula is C9H10BrN3OS. The van der Waals surface area contributed by atoms with Crippen LogP contribution in [0.4, 0.5) is 0 Å². The summed E-state index contributed by atoms with van der Waals surface area (Å²) in [4.78, 5) is 1.28. The minimum Gasteiger partial charge on any atom is -0.424 e. The molecule has 0 aliphatic rings. The summed E-state index contributed by atoms with van der Waals surface area (Å²) in [7, 11) is 0. The molecule has 0 spiro atoms. The molecule has 1 N–H and O–H groups in total. The van der Waals surface area contributed by atoms with Crippen molar-refractivity contribution in [1.29, 1.82) is 0 Å². The Morgan fingerprint density at radius 1 is 1.47 bits per heavy atom.